The van der Waals surface area contributed by atoms with Gasteiger partial charge in [0.1, 0.15) is 0 Å². The third kappa shape index (κ3) is 5.59. The Hall–Kier alpha value is -0.530. The molecule has 0 aromatic heterocycles. The highest BCUT2D eigenvalue weighted by molar-refractivity contribution is 9.10. The number of sulfonamides is 1. The van der Waals surface area contributed by atoms with Gasteiger partial charge >= 0.3 is 0 Å². The molecule has 22 heavy (non-hydrogen) atoms. The summed E-state index contributed by atoms with van der Waals surface area (Å²) in [5, 5.41) is 0.719. The number of nitrogens with one attached hydrogen (secondary N) is 1. The maximum atomic E-state index is 12.1. The summed E-state index contributed by atoms with van der Waals surface area (Å²) in [6, 6.07) is 14.2. The Labute approximate surface area is 148 Å². The van der Waals surface area contributed by atoms with E-state index in [1.54, 1.807) is 36.0 Å². The van der Waals surface area contributed by atoms with Gasteiger partial charge in [0.25, 0.3) is 0 Å². The van der Waals surface area contributed by atoms with Gasteiger partial charge in [-0.2, -0.15) is 11.8 Å². The van der Waals surface area contributed by atoms with Crippen molar-refractivity contribution in [3.63, 3.8) is 0 Å². The number of halogens is 2. The second kappa shape index (κ2) is 8.36. The number of benzene rings is 2. The van der Waals surface area contributed by atoms with Gasteiger partial charge in [-0.05, 0) is 42.0 Å². The molecule has 2 aromatic carbocycles. The molecule has 3 nitrogen and oxygen atoms in total. The molecule has 0 unspecified atom stereocenters. The van der Waals surface area contributed by atoms with Crippen molar-refractivity contribution in [2.45, 2.75) is 10.6 Å². The van der Waals surface area contributed by atoms with Crippen LogP contribution in [0.2, 0.25) is 5.02 Å². The average Bonchev–Trinajstić information content (AvgIpc) is 2.49. The van der Waals surface area contributed by atoms with Crippen LogP contribution >= 0.6 is 39.3 Å². The van der Waals surface area contributed by atoms with Gasteiger partial charge in [0.05, 0.1) is 4.90 Å². The van der Waals surface area contributed by atoms with Crippen LogP contribution in [0.4, 0.5) is 0 Å². The van der Waals surface area contributed by atoms with Crippen molar-refractivity contribution >= 4 is 49.3 Å². The number of thioether (sulfide) groups is 1. The van der Waals surface area contributed by atoms with Gasteiger partial charge in [0.15, 0.2) is 0 Å². The summed E-state index contributed by atoms with van der Waals surface area (Å²) in [4.78, 5) is 0.276. The molecule has 0 aliphatic carbocycles. The quantitative estimate of drug-likeness (QED) is 0.679. The van der Waals surface area contributed by atoms with Crippen molar-refractivity contribution in [1.29, 1.82) is 0 Å². The minimum absolute atomic E-state index is 0.276. The van der Waals surface area contributed by atoms with Crippen LogP contribution in [0, 0.1) is 0 Å². The summed E-state index contributed by atoms with van der Waals surface area (Å²) >= 11 is 10.8. The van der Waals surface area contributed by atoms with E-state index in [0.29, 0.717) is 12.3 Å². The van der Waals surface area contributed by atoms with E-state index in [1.807, 2.05) is 24.3 Å². The molecule has 0 amide bonds. The Morgan fingerprint density at radius 2 is 1.68 bits per heavy atom. The molecular weight excluding hydrogens is 406 g/mol. The van der Waals surface area contributed by atoms with Crippen LogP contribution in [0.25, 0.3) is 0 Å². The molecular formula is C15H15BrClNO2S2. The highest BCUT2D eigenvalue weighted by atomic mass is 79.9. The molecule has 0 bridgehead atoms. The van der Waals surface area contributed by atoms with E-state index < -0.39 is 10.0 Å². The monoisotopic (exact) mass is 419 g/mol. The van der Waals surface area contributed by atoms with Crippen LogP contribution in [0.3, 0.4) is 0 Å². The lowest BCUT2D eigenvalue weighted by Gasteiger charge is -2.07. The molecule has 0 fully saturated rings. The van der Waals surface area contributed by atoms with Gasteiger partial charge in [-0.1, -0.05) is 39.7 Å². The lowest BCUT2D eigenvalue weighted by molar-refractivity contribution is 0.584. The first-order valence-corrected chi connectivity index (χ1v) is 10.4. The first-order valence-electron chi connectivity index (χ1n) is 6.55. The molecule has 1 N–H and O–H groups in total. The Kier molecular flexibility index (Phi) is 6.77. The lowest BCUT2D eigenvalue weighted by Crippen LogP contribution is -2.26. The molecule has 7 heteroatoms. The Balaban J connectivity index is 1.76. The molecule has 2 rings (SSSR count). The fourth-order valence-corrected chi connectivity index (χ4v) is 4.09. The van der Waals surface area contributed by atoms with E-state index in [2.05, 4.69) is 20.7 Å². The fourth-order valence-electron chi connectivity index (χ4n) is 1.72. The van der Waals surface area contributed by atoms with Crippen LogP contribution in [0.1, 0.15) is 5.56 Å². The highest BCUT2D eigenvalue weighted by Gasteiger charge is 2.12. The maximum Gasteiger partial charge on any atom is 0.240 e. The molecule has 2 aromatic rings. The normalized spacial score (nSPS) is 11.5. The van der Waals surface area contributed by atoms with Crippen LogP contribution in [0.5, 0.6) is 0 Å². The van der Waals surface area contributed by atoms with E-state index in [-0.39, 0.29) is 4.90 Å². The van der Waals surface area contributed by atoms with Crippen LogP contribution in [-0.2, 0) is 15.8 Å². The Morgan fingerprint density at radius 1 is 1.05 bits per heavy atom. The van der Waals surface area contributed by atoms with Crippen molar-refractivity contribution in [3.8, 4) is 0 Å². The third-order valence-electron chi connectivity index (χ3n) is 2.84. The van der Waals surface area contributed by atoms with Crippen molar-refractivity contribution in [1.82, 2.24) is 4.72 Å². The smallest absolute Gasteiger partial charge is 0.210 e. The van der Waals surface area contributed by atoms with Crippen LogP contribution in [-0.4, -0.2) is 20.7 Å². The zero-order valence-electron chi connectivity index (χ0n) is 11.6. The van der Waals surface area contributed by atoms with Gasteiger partial charge < -0.3 is 0 Å². The van der Waals surface area contributed by atoms with Crippen molar-refractivity contribution in [2.75, 3.05) is 12.3 Å². The summed E-state index contributed by atoms with van der Waals surface area (Å²) in [6.07, 6.45) is 0. The second-order valence-electron chi connectivity index (χ2n) is 4.53. The van der Waals surface area contributed by atoms with Crippen molar-refractivity contribution in [3.05, 3.63) is 63.6 Å². The number of rotatable bonds is 7. The molecule has 0 heterocycles. The minimum atomic E-state index is -3.43. The molecule has 0 aliphatic rings. The predicted molar refractivity (Wildman–Crippen MR) is 96.9 cm³/mol. The molecule has 0 radical (unpaired) electrons. The van der Waals surface area contributed by atoms with Crippen LogP contribution in [0.15, 0.2) is 57.9 Å². The first-order chi connectivity index (χ1) is 10.5. The summed E-state index contributed by atoms with van der Waals surface area (Å²) < 4.78 is 27.6. The van der Waals surface area contributed by atoms with E-state index in [4.69, 9.17) is 11.6 Å². The van der Waals surface area contributed by atoms with Crippen molar-refractivity contribution < 1.29 is 8.42 Å². The minimum Gasteiger partial charge on any atom is -0.210 e. The maximum absolute atomic E-state index is 12.1. The summed E-state index contributed by atoms with van der Waals surface area (Å²) in [5.74, 6) is 1.54. The summed E-state index contributed by atoms with van der Waals surface area (Å²) in [7, 11) is -3.43. The third-order valence-corrected chi connectivity index (χ3v) is 6.13. The zero-order chi connectivity index (χ0) is 16.0. The number of hydrogen-bond acceptors (Lipinski definition) is 3. The lowest BCUT2D eigenvalue weighted by atomic mass is 10.2. The average molecular weight is 421 g/mol. The summed E-state index contributed by atoms with van der Waals surface area (Å²) in [6.45, 7) is 0.399. The van der Waals surface area contributed by atoms with Crippen molar-refractivity contribution in [2.24, 2.45) is 0 Å². The molecule has 118 valence electrons. The number of hydrogen-bond donors (Lipinski definition) is 1. The van der Waals surface area contributed by atoms with Gasteiger partial charge in [-0.25, -0.2) is 13.1 Å². The Bertz CT molecular complexity index is 703. The van der Waals surface area contributed by atoms with E-state index in [1.165, 1.54) is 5.56 Å². The fraction of sp³-hybridized carbons (Fsp3) is 0.200. The first kappa shape index (κ1) is 17.8. The summed E-state index contributed by atoms with van der Waals surface area (Å²) in [5.41, 5.74) is 1.17. The largest absolute Gasteiger partial charge is 0.240 e. The van der Waals surface area contributed by atoms with E-state index in [9.17, 15) is 8.42 Å². The Morgan fingerprint density at radius 3 is 2.32 bits per heavy atom. The van der Waals surface area contributed by atoms with E-state index in [0.717, 1.165) is 15.2 Å². The molecule has 0 saturated carbocycles. The SMILES string of the molecule is O=S(=O)(NCCSCc1ccc(Cl)cc1)c1ccc(Br)cc1. The standard InChI is InChI=1S/C15H15BrClNO2S2/c16-13-3-7-15(8-4-13)22(19,20)18-9-10-21-11-12-1-5-14(17)6-2-12/h1-8,18H,9-11H2. The van der Waals surface area contributed by atoms with Crippen LogP contribution < -0.4 is 4.72 Å². The second-order valence-corrected chi connectivity index (χ2v) is 8.75. The topological polar surface area (TPSA) is 46.2 Å². The van der Waals surface area contributed by atoms with Gasteiger partial charge in [0.2, 0.25) is 10.0 Å². The highest BCUT2D eigenvalue weighted by Crippen LogP contribution is 2.16. The molecule has 0 saturated heterocycles. The van der Waals surface area contributed by atoms with E-state index >= 15 is 0 Å². The molecule has 0 atom stereocenters. The van der Waals surface area contributed by atoms with Gasteiger partial charge in [0, 0.05) is 27.5 Å². The van der Waals surface area contributed by atoms with Gasteiger partial charge in [-0.3, -0.25) is 0 Å². The molecule has 0 spiro atoms. The van der Waals surface area contributed by atoms with Gasteiger partial charge in [-0.15, -0.1) is 0 Å². The predicted octanol–water partition coefficient (Wildman–Crippen LogP) is 4.31. The zero-order valence-corrected chi connectivity index (χ0v) is 15.6. The molecule has 0 aliphatic heterocycles.